The number of ether oxygens (including phenoxy) is 1. The van der Waals surface area contributed by atoms with Crippen LogP contribution in [0.2, 0.25) is 0 Å². The van der Waals surface area contributed by atoms with Crippen molar-refractivity contribution in [1.29, 1.82) is 0 Å². The molecule has 1 aromatic rings. The van der Waals surface area contributed by atoms with E-state index in [4.69, 9.17) is 0 Å². The normalized spacial score (nSPS) is 18.2. The van der Waals surface area contributed by atoms with Crippen molar-refractivity contribution >= 4 is 51.0 Å². The van der Waals surface area contributed by atoms with Crippen molar-refractivity contribution in [3.63, 3.8) is 0 Å². The van der Waals surface area contributed by atoms with Crippen molar-refractivity contribution < 1.29 is 27.5 Å². The molecule has 1 fully saturated rings. The first-order valence-electron chi connectivity index (χ1n) is 6.47. The van der Waals surface area contributed by atoms with Crippen LogP contribution in [0.25, 0.3) is 0 Å². The molecule has 0 atom stereocenters. The molecule has 1 saturated heterocycles. The lowest BCUT2D eigenvalue weighted by Gasteiger charge is -2.09. The third-order valence-corrected chi connectivity index (χ3v) is 4.16. The molecule has 0 saturated carbocycles. The standard InChI is InChI=1S/C14H9BrF3N3O3S/c1-24-11(22)5-10-12(23)20-13(25-10)21-19-6-7-4-8(15)2-3-9(7)14(16,17)18/h2-6H,1H3,(H,20,21,23)/b10-5+,19-6?. The van der Waals surface area contributed by atoms with Crippen LogP contribution in [0.5, 0.6) is 0 Å². The van der Waals surface area contributed by atoms with E-state index in [9.17, 15) is 22.8 Å². The molecule has 0 unspecified atom stereocenters. The Morgan fingerprint density at radius 1 is 1.40 bits per heavy atom. The zero-order chi connectivity index (χ0) is 18.6. The van der Waals surface area contributed by atoms with Crippen LogP contribution in [0.3, 0.4) is 0 Å². The summed E-state index contributed by atoms with van der Waals surface area (Å²) in [7, 11) is 1.16. The highest BCUT2D eigenvalue weighted by Gasteiger charge is 2.33. The Labute approximate surface area is 152 Å². The number of carbonyl (C=O) groups excluding carboxylic acids is 2. The Bertz CT molecular complexity index is 806. The molecule has 0 radical (unpaired) electrons. The topological polar surface area (TPSA) is 80.1 Å². The number of carbonyl (C=O) groups is 2. The summed E-state index contributed by atoms with van der Waals surface area (Å²) in [5, 5.41) is 9.57. The second-order valence-electron chi connectivity index (χ2n) is 4.47. The molecule has 25 heavy (non-hydrogen) atoms. The van der Waals surface area contributed by atoms with Gasteiger partial charge in [0.15, 0.2) is 5.17 Å². The number of benzene rings is 1. The molecule has 2 rings (SSSR count). The molecule has 0 spiro atoms. The molecule has 132 valence electrons. The van der Waals surface area contributed by atoms with Gasteiger partial charge in [-0.2, -0.15) is 18.3 Å². The molecule has 0 aromatic heterocycles. The summed E-state index contributed by atoms with van der Waals surface area (Å²) >= 11 is 3.90. The quantitative estimate of drug-likeness (QED) is 0.342. The van der Waals surface area contributed by atoms with Gasteiger partial charge in [-0.05, 0) is 30.0 Å². The first-order chi connectivity index (χ1) is 11.7. The van der Waals surface area contributed by atoms with Crippen LogP contribution < -0.4 is 5.32 Å². The molecule has 0 aliphatic carbocycles. The minimum absolute atomic E-state index is 0.0277. The zero-order valence-electron chi connectivity index (χ0n) is 12.4. The molecule has 1 amide bonds. The van der Waals surface area contributed by atoms with Crippen LogP contribution in [0.15, 0.2) is 43.9 Å². The van der Waals surface area contributed by atoms with Gasteiger partial charge in [0.05, 0.1) is 23.8 Å². The molecule has 1 heterocycles. The van der Waals surface area contributed by atoms with Crippen molar-refractivity contribution in [2.45, 2.75) is 6.18 Å². The van der Waals surface area contributed by atoms with Gasteiger partial charge in [-0.1, -0.05) is 15.9 Å². The molecular formula is C14H9BrF3N3O3S. The van der Waals surface area contributed by atoms with Crippen LogP contribution in [-0.4, -0.2) is 30.4 Å². The molecule has 0 bridgehead atoms. The van der Waals surface area contributed by atoms with Crippen molar-refractivity contribution in [3.05, 3.63) is 44.8 Å². The third-order valence-electron chi connectivity index (χ3n) is 2.77. The SMILES string of the molecule is COC(=O)/C=C1/S/C(=N\N=Cc2cc(Br)ccc2C(F)(F)F)NC1=O. The molecule has 1 aliphatic heterocycles. The number of hydrogen-bond donors (Lipinski definition) is 1. The number of nitrogens with one attached hydrogen (secondary N) is 1. The van der Waals surface area contributed by atoms with Crippen molar-refractivity contribution in [2.75, 3.05) is 7.11 Å². The highest BCUT2D eigenvalue weighted by molar-refractivity contribution is 9.10. The maximum Gasteiger partial charge on any atom is 0.417 e. The predicted octanol–water partition coefficient (Wildman–Crippen LogP) is 3.08. The number of alkyl halides is 3. The molecule has 1 N–H and O–H groups in total. The Kier molecular flexibility index (Phi) is 6.01. The zero-order valence-corrected chi connectivity index (χ0v) is 14.8. The average Bonchev–Trinajstić information content (AvgIpc) is 2.86. The van der Waals surface area contributed by atoms with Gasteiger partial charge in [-0.25, -0.2) is 4.79 Å². The van der Waals surface area contributed by atoms with Crippen LogP contribution in [0, 0.1) is 0 Å². The fourth-order valence-electron chi connectivity index (χ4n) is 1.68. The van der Waals surface area contributed by atoms with E-state index in [-0.39, 0.29) is 15.6 Å². The highest BCUT2D eigenvalue weighted by Crippen LogP contribution is 2.32. The summed E-state index contributed by atoms with van der Waals surface area (Å²) < 4.78 is 43.7. The molecular weight excluding hydrogens is 427 g/mol. The summed E-state index contributed by atoms with van der Waals surface area (Å²) in [4.78, 5) is 22.8. The molecule has 6 nitrogen and oxygen atoms in total. The van der Waals surface area contributed by atoms with Gasteiger partial charge in [0.2, 0.25) is 0 Å². The number of thioether (sulfide) groups is 1. The first-order valence-corrected chi connectivity index (χ1v) is 8.08. The largest absolute Gasteiger partial charge is 0.466 e. The lowest BCUT2D eigenvalue weighted by Crippen LogP contribution is -2.19. The maximum absolute atomic E-state index is 12.9. The number of halogens is 4. The first kappa shape index (κ1) is 19.2. The minimum Gasteiger partial charge on any atom is -0.466 e. The number of rotatable bonds is 3. The number of hydrogen-bond acceptors (Lipinski definition) is 6. The lowest BCUT2D eigenvalue weighted by atomic mass is 10.1. The Morgan fingerprint density at radius 3 is 2.76 bits per heavy atom. The number of methoxy groups -OCH3 is 1. The monoisotopic (exact) mass is 435 g/mol. The van der Waals surface area contributed by atoms with Crippen LogP contribution >= 0.6 is 27.7 Å². The van der Waals surface area contributed by atoms with E-state index in [1.807, 2.05) is 0 Å². The highest BCUT2D eigenvalue weighted by atomic mass is 79.9. The van der Waals surface area contributed by atoms with Crippen LogP contribution in [0.1, 0.15) is 11.1 Å². The molecule has 1 aliphatic rings. The van der Waals surface area contributed by atoms with Gasteiger partial charge in [-0.15, -0.1) is 5.10 Å². The van der Waals surface area contributed by atoms with E-state index in [0.29, 0.717) is 4.47 Å². The Morgan fingerprint density at radius 2 is 2.12 bits per heavy atom. The maximum atomic E-state index is 12.9. The second kappa shape index (κ2) is 7.83. The number of nitrogens with zero attached hydrogens (tertiary/aromatic N) is 2. The summed E-state index contributed by atoms with van der Waals surface area (Å²) in [5.74, 6) is -1.30. The van der Waals surface area contributed by atoms with E-state index >= 15 is 0 Å². The van der Waals surface area contributed by atoms with E-state index in [1.165, 1.54) is 12.1 Å². The van der Waals surface area contributed by atoms with Gasteiger partial charge >= 0.3 is 12.1 Å². The van der Waals surface area contributed by atoms with E-state index in [2.05, 4.69) is 36.2 Å². The van der Waals surface area contributed by atoms with E-state index < -0.39 is 23.6 Å². The fraction of sp³-hybridized carbons (Fsp3) is 0.143. The lowest BCUT2D eigenvalue weighted by molar-refractivity contribution is -0.137. The van der Waals surface area contributed by atoms with Gasteiger partial charge in [0, 0.05) is 16.1 Å². The van der Waals surface area contributed by atoms with Crippen molar-refractivity contribution in [1.82, 2.24) is 5.32 Å². The van der Waals surface area contributed by atoms with Gasteiger partial charge in [0.25, 0.3) is 5.91 Å². The summed E-state index contributed by atoms with van der Waals surface area (Å²) in [6, 6.07) is 3.43. The van der Waals surface area contributed by atoms with Gasteiger partial charge in [-0.3, -0.25) is 10.1 Å². The average molecular weight is 436 g/mol. The predicted molar refractivity (Wildman–Crippen MR) is 90.0 cm³/mol. The van der Waals surface area contributed by atoms with Crippen LogP contribution in [-0.2, 0) is 20.5 Å². The number of amides is 1. The smallest absolute Gasteiger partial charge is 0.417 e. The van der Waals surface area contributed by atoms with Crippen LogP contribution in [0.4, 0.5) is 13.2 Å². The van der Waals surface area contributed by atoms with E-state index in [1.54, 1.807) is 0 Å². The summed E-state index contributed by atoms with van der Waals surface area (Å²) in [6.45, 7) is 0. The van der Waals surface area contributed by atoms with Crippen molar-refractivity contribution in [3.8, 4) is 0 Å². The molecule has 1 aromatic carbocycles. The van der Waals surface area contributed by atoms with Crippen molar-refractivity contribution in [2.24, 2.45) is 10.2 Å². The second-order valence-corrected chi connectivity index (χ2v) is 6.41. The summed E-state index contributed by atoms with van der Waals surface area (Å²) in [5.41, 5.74) is -1.06. The number of amidine groups is 1. The van der Waals surface area contributed by atoms with Gasteiger partial charge < -0.3 is 4.74 Å². The Balaban J connectivity index is 2.20. The van der Waals surface area contributed by atoms with Gasteiger partial charge in [0.1, 0.15) is 0 Å². The summed E-state index contributed by atoms with van der Waals surface area (Å²) in [6.07, 6.45) is -2.64. The third kappa shape index (κ3) is 5.16. The van der Waals surface area contributed by atoms with E-state index in [0.717, 1.165) is 37.2 Å². The number of esters is 1. The fourth-order valence-corrected chi connectivity index (χ4v) is 2.80. The minimum atomic E-state index is -4.54. The Hall–Kier alpha value is -2.14. The molecule has 11 heteroatoms.